The zero-order valence-corrected chi connectivity index (χ0v) is 14.4. The van der Waals surface area contributed by atoms with Crippen molar-refractivity contribution >= 4 is 35.1 Å². The van der Waals surface area contributed by atoms with Crippen LogP contribution in [0, 0.1) is 0 Å². The minimum absolute atomic E-state index is 0. The molecular formula is C16H22ClN3S. The highest BCUT2D eigenvalue weighted by atomic mass is 35.5. The van der Waals surface area contributed by atoms with Gasteiger partial charge in [0.1, 0.15) is 0 Å². The van der Waals surface area contributed by atoms with Crippen molar-refractivity contribution in [2.75, 3.05) is 23.3 Å². The summed E-state index contributed by atoms with van der Waals surface area (Å²) >= 11 is 1.77. The number of nitrogens with zero attached hydrogens (tertiary/aromatic N) is 2. The van der Waals surface area contributed by atoms with Crippen molar-refractivity contribution in [3.05, 3.63) is 40.3 Å². The van der Waals surface area contributed by atoms with Gasteiger partial charge in [-0.2, -0.15) is 0 Å². The molecule has 0 aliphatic carbocycles. The fourth-order valence-electron chi connectivity index (χ4n) is 2.43. The summed E-state index contributed by atoms with van der Waals surface area (Å²) in [6.45, 7) is 9.57. The van der Waals surface area contributed by atoms with E-state index in [4.69, 9.17) is 4.98 Å². The van der Waals surface area contributed by atoms with E-state index in [1.54, 1.807) is 11.3 Å². The molecule has 2 aromatic rings. The fourth-order valence-corrected chi connectivity index (χ4v) is 3.33. The van der Waals surface area contributed by atoms with E-state index in [0.29, 0.717) is 0 Å². The van der Waals surface area contributed by atoms with E-state index >= 15 is 0 Å². The van der Waals surface area contributed by atoms with E-state index in [1.165, 1.54) is 22.1 Å². The van der Waals surface area contributed by atoms with Crippen LogP contribution in [0.5, 0.6) is 0 Å². The monoisotopic (exact) mass is 323 g/mol. The second-order valence-corrected chi connectivity index (χ2v) is 7.12. The van der Waals surface area contributed by atoms with Crippen molar-refractivity contribution in [1.29, 1.82) is 0 Å². The molecule has 0 bridgehead atoms. The smallest absolute Gasteiger partial charge is 0.0982 e. The fraction of sp³-hybridized carbons (Fsp3) is 0.438. The average Bonchev–Trinajstić information content (AvgIpc) is 2.88. The molecule has 5 heteroatoms. The molecule has 0 unspecified atom stereocenters. The molecule has 3 rings (SSSR count). The largest absolute Gasteiger partial charge is 0.382 e. The third-order valence-corrected chi connectivity index (χ3v) is 4.80. The first-order valence-electron chi connectivity index (χ1n) is 7.07. The maximum absolute atomic E-state index is 4.80. The molecule has 1 aliphatic rings. The Kier molecular flexibility index (Phi) is 4.79. The van der Waals surface area contributed by atoms with Gasteiger partial charge in [0.25, 0.3) is 0 Å². The Hall–Kier alpha value is -1.26. The Labute approximate surface area is 136 Å². The molecule has 0 saturated heterocycles. The first-order chi connectivity index (χ1) is 9.54. The van der Waals surface area contributed by atoms with Crippen LogP contribution < -0.4 is 10.2 Å². The number of halogens is 1. The number of para-hydroxylation sites is 2. The molecule has 1 aliphatic heterocycles. The molecule has 114 valence electrons. The van der Waals surface area contributed by atoms with Crippen molar-refractivity contribution in [2.45, 2.75) is 32.7 Å². The molecule has 3 nitrogen and oxygen atoms in total. The summed E-state index contributed by atoms with van der Waals surface area (Å²) in [6.07, 6.45) is 0. The second kappa shape index (κ2) is 6.24. The number of benzene rings is 1. The molecular weight excluding hydrogens is 302 g/mol. The minimum Gasteiger partial charge on any atom is -0.382 e. The van der Waals surface area contributed by atoms with E-state index in [2.05, 4.69) is 60.6 Å². The van der Waals surface area contributed by atoms with E-state index < -0.39 is 0 Å². The number of hydrogen-bond donors (Lipinski definition) is 1. The van der Waals surface area contributed by atoms with Crippen LogP contribution in [0.2, 0.25) is 0 Å². The van der Waals surface area contributed by atoms with Gasteiger partial charge in [0.05, 0.1) is 28.6 Å². The average molecular weight is 324 g/mol. The van der Waals surface area contributed by atoms with E-state index in [1.807, 2.05) is 0 Å². The Bertz CT molecular complexity index is 604. The van der Waals surface area contributed by atoms with Crippen LogP contribution in [-0.4, -0.2) is 18.1 Å². The summed E-state index contributed by atoms with van der Waals surface area (Å²) in [5.41, 5.74) is 3.83. The summed E-state index contributed by atoms with van der Waals surface area (Å²) in [5.74, 6) is 0. The molecule has 1 aromatic carbocycles. The maximum atomic E-state index is 4.80. The Morgan fingerprint density at radius 1 is 1.29 bits per heavy atom. The molecule has 0 amide bonds. The second-order valence-electron chi connectivity index (χ2n) is 6.26. The number of anilines is 2. The van der Waals surface area contributed by atoms with Gasteiger partial charge in [0.2, 0.25) is 0 Å². The topological polar surface area (TPSA) is 28.2 Å². The zero-order chi connectivity index (χ0) is 14.2. The van der Waals surface area contributed by atoms with Gasteiger partial charge in [-0.3, -0.25) is 0 Å². The van der Waals surface area contributed by atoms with Crippen molar-refractivity contribution < 1.29 is 0 Å². The molecule has 21 heavy (non-hydrogen) atoms. The van der Waals surface area contributed by atoms with E-state index in [-0.39, 0.29) is 17.8 Å². The highest BCUT2D eigenvalue weighted by molar-refractivity contribution is 7.09. The minimum atomic E-state index is 0. The number of hydrogen-bond acceptors (Lipinski definition) is 4. The Morgan fingerprint density at radius 3 is 2.76 bits per heavy atom. The third-order valence-electron chi connectivity index (χ3n) is 3.49. The van der Waals surface area contributed by atoms with Crippen LogP contribution in [0.1, 0.15) is 31.5 Å². The van der Waals surface area contributed by atoms with Crippen LogP contribution in [0.4, 0.5) is 11.4 Å². The SMILES string of the molecule is CC(C)(C)c1nc(CN2CCNc3ccccc32)cs1.Cl. The number of aromatic nitrogens is 1. The first-order valence-corrected chi connectivity index (χ1v) is 7.95. The van der Waals surface area contributed by atoms with Gasteiger partial charge in [-0.15, -0.1) is 23.7 Å². The van der Waals surface area contributed by atoms with Crippen LogP contribution in [-0.2, 0) is 12.0 Å². The van der Waals surface area contributed by atoms with Gasteiger partial charge < -0.3 is 10.2 Å². The lowest BCUT2D eigenvalue weighted by Crippen LogP contribution is -2.33. The first kappa shape index (κ1) is 16.1. The van der Waals surface area contributed by atoms with E-state index in [9.17, 15) is 0 Å². The van der Waals surface area contributed by atoms with Crippen LogP contribution in [0.3, 0.4) is 0 Å². The highest BCUT2D eigenvalue weighted by Crippen LogP contribution is 2.31. The van der Waals surface area contributed by atoms with Gasteiger partial charge in [-0.1, -0.05) is 32.9 Å². The molecule has 0 radical (unpaired) electrons. The van der Waals surface area contributed by atoms with Crippen molar-refractivity contribution in [1.82, 2.24) is 4.98 Å². The third kappa shape index (κ3) is 3.50. The zero-order valence-electron chi connectivity index (χ0n) is 12.7. The lowest BCUT2D eigenvalue weighted by molar-refractivity contribution is 0.582. The van der Waals surface area contributed by atoms with Gasteiger partial charge in [0.15, 0.2) is 0 Å². The number of fused-ring (bicyclic) bond motifs is 1. The van der Waals surface area contributed by atoms with E-state index in [0.717, 1.165) is 19.6 Å². The van der Waals surface area contributed by atoms with Crippen LogP contribution in [0.25, 0.3) is 0 Å². The molecule has 1 aromatic heterocycles. The number of rotatable bonds is 2. The van der Waals surface area contributed by atoms with Gasteiger partial charge in [-0.25, -0.2) is 4.98 Å². The van der Waals surface area contributed by atoms with Gasteiger partial charge in [-0.05, 0) is 12.1 Å². The standard InChI is InChI=1S/C16H21N3S.ClH/c1-16(2,3)15-18-12(11-20-15)10-19-9-8-17-13-6-4-5-7-14(13)19;/h4-7,11,17H,8-10H2,1-3H3;1H. The van der Waals surface area contributed by atoms with Crippen LogP contribution >= 0.6 is 23.7 Å². The summed E-state index contributed by atoms with van der Waals surface area (Å²) in [5, 5.41) is 6.87. The van der Waals surface area contributed by atoms with Crippen molar-refractivity contribution in [2.24, 2.45) is 0 Å². The number of nitrogens with one attached hydrogen (secondary N) is 1. The van der Waals surface area contributed by atoms with Crippen LogP contribution in [0.15, 0.2) is 29.6 Å². The van der Waals surface area contributed by atoms with Crippen molar-refractivity contribution in [3.63, 3.8) is 0 Å². The molecule has 0 atom stereocenters. The molecule has 0 spiro atoms. The molecule has 0 saturated carbocycles. The lowest BCUT2D eigenvalue weighted by atomic mass is 9.98. The predicted octanol–water partition coefficient (Wildman–Crippen LogP) is 4.29. The summed E-state index contributed by atoms with van der Waals surface area (Å²) in [4.78, 5) is 7.22. The summed E-state index contributed by atoms with van der Waals surface area (Å²) in [6, 6.07) is 8.50. The van der Waals surface area contributed by atoms with Crippen molar-refractivity contribution in [3.8, 4) is 0 Å². The molecule has 2 heterocycles. The Balaban J connectivity index is 0.00000161. The van der Waals surface area contributed by atoms with Gasteiger partial charge >= 0.3 is 0 Å². The molecule has 0 fully saturated rings. The van der Waals surface area contributed by atoms with Gasteiger partial charge in [0, 0.05) is 23.9 Å². The summed E-state index contributed by atoms with van der Waals surface area (Å²) in [7, 11) is 0. The quantitative estimate of drug-likeness (QED) is 0.893. The predicted molar refractivity (Wildman–Crippen MR) is 94.0 cm³/mol. The normalized spacial score (nSPS) is 14.1. The highest BCUT2D eigenvalue weighted by Gasteiger charge is 2.20. The maximum Gasteiger partial charge on any atom is 0.0982 e. The Morgan fingerprint density at radius 2 is 2.05 bits per heavy atom. The lowest BCUT2D eigenvalue weighted by Gasteiger charge is -2.31. The number of thiazole rings is 1. The molecule has 1 N–H and O–H groups in total. The summed E-state index contributed by atoms with van der Waals surface area (Å²) < 4.78 is 0.